The van der Waals surface area contributed by atoms with E-state index in [1.165, 1.54) is 0 Å². The molecule has 0 aliphatic heterocycles. The highest BCUT2D eigenvalue weighted by Crippen LogP contribution is 2.48. The largest absolute Gasteiger partial charge is 0.232 e. The van der Waals surface area contributed by atoms with E-state index in [1.807, 2.05) is 24.3 Å². The second-order valence-electron chi connectivity index (χ2n) is 15.0. The zero-order chi connectivity index (χ0) is 40.5. The number of nitrogens with zero attached hydrogens (tertiary/aromatic N) is 5. The highest BCUT2D eigenvalue weighted by atomic mass is 15.3. The van der Waals surface area contributed by atoms with Crippen molar-refractivity contribution in [2.45, 2.75) is 0 Å². The number of aromatic nitrogens is 5. The zero-order valence-electron chi connectivity index (χ0n) is 33.1. The fourth-order valence-electron chi connectivity index (χ4n) is 8.43. The smallest absolute Gasteiger partial charge is 0.165 e. The lowest BCUT2D eigenvalue weighted by Gasteiger charge is -2.18. The number of benzene rings is 9. The van der Waals surface area contributed by atoms with Crippen molar-refractivity contribution < 1.29 is 0 Å². The molecule has 2 heterocycles. The normalized spacial score (nSPS) is 11.3. The van der Waals surface area contributed by atoms with Gasteiger partial charge in [-0.2, -0.15) is 5.10 Å². The lowest BCUT2D eigenvalue weighted by atomic mass is 9.88. The Hall–Kier alpha value is -8.28. The second kappa shape index (κ2) is 15.5. The molecule has 0 saturated heterocycles. The van der Waals surface area contributed by atoms with Crippen LogP contribution in [0.1, 0.15) is 0 Å². The van der Waals surface area contributed by atoms with Crippen molar-refractivity contribution in [1.29, 1.82) is 0 Å². The van der Waals surface area contributed by atoms with E-state index >= 15 is 0 Å². The fraction of sp³-hybridized carbons (Fsp3) is 0. The van der Waals surface area contributed by atoms with Crippen molar-refractivity contribution in [3.8, 4) is 84.5 Å². The van der Waals surface area contributed by atoms with Crippen LogP contribution in [0.15, 0.2) is 224 Å². The van der Waals surface area contributed by atoms with Gasteiger partial charge in [0.15, 0.2) is 17.5 Å². The first-order chi connectivity index (χ1) is 30.3. The number of hydrogen-bond donors (Lipinski definition) is 0. The Bertz CT molecular complexity index is 3230. The van der Waals surface area contributed by atoms with Gasteiger partial charge in [0.05, 0.1) is 11.2 Å². The summed E-state index contributed by atoms with van der Waals surface area (Å²) in [5, 5.41) is 8.56. The predicted molar refractivity (Wildman–Crippen MR) is 250 cm³/mol. The van der Waals surface area contributed by atoms with Crippen molar-refractivity contribution in [3.63, 3.8) is 0 Å². The molecule has 0 atom stereocenters. The molecular weight excluding hydrogens is 743 g/mol. The quantitative estimate of drug-likeness (QED) is 0.154. The van der Waals surface area contributed by atoms with Gasteiger partial charge in [-0.15, -0.1) is 0 Å². The Labute approximate surface area is 354 Å². The maximum atomic E-state index is 5.48. The summed E-state index contributed by atoms with van der Waals surface area (Å²) < 4.78 is 2.10. The third-order valence-corrected chi connectivity index (χ3v) is 11.3. The van der Waals surface area contributed by atoms with E-state index in [9.17, 15) is 0 Å². The van der Waals surface area contributed by atoms with Gasteiger partial charge in [0.2, 0.25) is 0 Å². The van der Waals surface area contributed by atoms with Gasteiger partial charge in [-0.1, -0.05) is 200 Å². The molecule has 0 unspecified atom stereocenters. The minimum absolute atomic E-state index is 0.582. The van der Waals surface area contributed by atoms with Gasteiger partial charge >= 0.3 is 0 Å². The maximum absolute atomic E-state index is 5.48. The van der Waals surface area contributed by atoms with Crippen LogP contribution in [-0.4, -0.2) is 24.7 Å². The van der Waals surface area contributed by atoms with Crippen molar-refractivity contribution in [2.24, 2.45) is 0 Å². The molecule has 0 aliphatic carbocycles. The average Bonchev–Trinajstić information content (AvgIpc) is 3.76. The number of para-hydroxylation sites is 1. The minimum Gasteiger partial charge on any atom is -0.232 e. The zero-order valence-corrected chi connectivity index (χ0v) is 33.1. The van der Waals surface area contributed by atoms with Gasteiger partial charge in [-0.3, -0.25) is 0 Å². The molecule has 0 fully saturated rings. The molecule has 11 rings (SSSR count). The van der Waals surface area contributed by atoms with Crippen molar-refractivity contribution in [1.82, 2.24) is 24.7 Å². The van der Waals surface area contributed by atoms with Gasteiger partial charge in [0.25, 0.3) is 0 Å². The molecule has 5 nitrogen and oxygen atoms in total. The van der Waals surface area contributed by atoms with Crippen molar-refractivity contribution >= 4 is 21.7 Å². The SMILES string of the molecule is c1ccc(-c2cccc(-c3nc(-c4cccc(-c5ccccc5)c4)nc(-c4c(-c5ccccc5)c5c(-c6ccccc6)nn(-c6ccccc6)c5c5ccccc45)n3)c2)cc1. The van der Waals surface area contributed by atoms with Gasteiger partial charge in [0, 0.05) is 38.6 Å². The molecule has 61 heavy (non-hydrogen) atoms. The number of hydrogen-bond acceptors (Lipinski definition) is 4. The van der Waals surface area contributed by atoms with Crippen molar-refractivity contribution in [3.05, 3.63) is 224 Å². The van der Waals surface area contributed by atoms with E-state index in [2.05, 4.69) is 205 Å². The highest BCUT2D eigenvalue weighted by Gasteiger charge is 2.27. The first kappa shape index (κ1) is 35.8. The number of fused-ring (bicyclic) bond motifs is 3. The van der Waals surface area contributed by atoms with Crippen LogP contribution in [0.5, 0.6) is 0 Å². The van der Waals surface area contributed by atoms with Crippen LogP contribution in [-0.2, 0) is 0 Å². The van der Waals surface area contributed by atoms with Crippen LogP contribution in [0, 0.1) is 0 Å². The van der Waals surface area contributed by atoms with Gasteiger partial charge < -0.3 is 0 Å². The first-order valence-electron chi connectivity index (χ1n) is 20.5. The molecule has 0 amide bonds. The molecular formula is C56H37N5. The summed E-state index contributed by atoms with van der Waals surface area (Å²) in [6.45, 7) is 0. The van der Waals surface area contributed by atoms with E-state index in [0.717, 1.165) is 88.7 Å². The average molecular weight is 780 g/mol. The van der Waals surface area contributed by atoms with Crippen LogP contribution in [0.2, 0.25) is 0 Å². The Morgan fingerprint density at radius 3 is 1.25 bits per heavy atom. The first-order valence-corrected chi connectivity index (χ1v) is 20.5. The summed E-state index contributed by atoms with van der Waals surface area (Å²) >= 11 is 0. The number of rotatable bonds is 8. The Morgan fingerprint density at radius 1 is 0.295 bits per heavy atom. The van der Waals surface area contributed by atoms with Crippen LogP contribution < -0.4 is 0 Å². The molecule has 0 N–H and O–H groups in total. The van der Waals surface area contributed by atoms with E-state index in [0.29, 0.717) is 17.5 Å². The lowest BCUT2D eigenvalue weighted by Crippen LogP contribution is -2.03. The second-order valence-corrected chi connectivity index (χ2v) is 15.0. The molecule has 286 valence electrons. The molecule has 11 aromatic rings. The summed E-state index contributed by atoms with van der Waals surface area (Å²) in [4.78, 5) is 16.2. The molecule has 0 spiro atoms. The maximum Gasteiger partial charge on any atom is 0.165 e. The Kier molecular flexibility index (Phi) is 9.10. The molecule has 5 heteroatoms. The summed E-state index contributed by atoms with van der Waals surface area (Å²) in [5.74, 6) is 1.77. The Morgan fingerprint density at radius 2 is 0.705 bits per heavy atom. The molecule has 0 bridgehead atoms. The summed E-state index contributed by atoms with van der Waals surface area (Å²) in [6.07, 6.45) is 0. The molecule has 0 aliphatic rings. The lowest BCUT2D eigenvalue weighted by molar-refractivity contribution is 0.918. The predicted octanol–water partition coefficient (Wildman–Crippen LogP) is 14.0. The van der Waals surface area contributed by atoms with E-state index in [-0.39, 0.29) is 0 Å². The van der Waals surface area contributed by atoms with Gasteiger partial charge in [-0.25, -0.2) is 19.6 Å². The van der Waals surface area contributed by atoms with E-state index < -0.39 is 0 Å². The Balaban J connectivity index is 1.26. The standard InChI is InChI=1S/C56H37N5/c1-6-20-38(21-7-1)42-28-18-30-44(36-42)54-57-55(45-31-19-29-43(37-45)39-22-8-2-9-23-39)59-56(58-54)50-47-34-16-17-35-48(47)53-51(49(50)40-24-10-3-11-25-40)52(41-26-12-4-13-27-41)60-61(53)46-32-14-5-15-33-46/h1-37H. The van der Waals surface area contributed by atoms with Crippen molar-refractivity contribution in [2.75, 3.05) is 0 Å². The molecule has 0 radical (unpaired) electrons. The third-order valence-electron chi connectivity index (χ3n) is 11.3. The summed E-state index contributed by atoms with van der Waals surface area (Å²) in [7, 11) is 0. The molecule has 9 aromatic carbocycles. The van der Waals surface area contributed by atoms with E-state index in [4.69, 9.17) is 20.1 Å². The third kappa shape index (κ3) is 6.64. The van der Waals surface area contributed by atoms with Crippen LogP contribution >= 0.6 is 0 Å². The van der Waals surface area contributed by atoms with Crippen LogP contribution in [0.25, 0.3) is 106 Å². The molecule has 0 saturated carbocycles. The van der Waals surface area contributed by atoms with Gasteiger partial charge in [0.1, 0.15) is 5.69 Å². The van der Waals surface area contributed by atoms with Gasteiger partial charge in [-0.05, 0) is 57.5 Å². The summed E-state index contributed by atoms with van der Waals surface area (Å²) in [6, 6.07) is 77.9. The topological polar surface area (TPSA) is 56.5 Å². The van der Waals surface area contributed by atoms with Crippen LogP contribution in [0.4, 0.5) is 0 Å². The highest BCUT2D eigenvalue weighted by molar-refractivity contribution is 6.23. The monoisotopic (exact) mass is 779 g/mol. The van der Waals surface area contributed by atoms with E-state index in [1.54, 1.807) is 0 Å². The molecule has 2 aromatic heterocycles. The fourth-order valence-corrected chi connectivity index (χ4v) is 8.43. The van der Waals surface area contributed by atoms with Crippen LogP contribution in [0.3, 0.4) is 0 Å². The summed E-state index contributed by atoms with van der Waals surface area (Å²) in [5.41, 5.74) is 13.1. The minimum atomic E-state index is 0.582.